The van der Waals surface area contributed by atoms with Crippen molar-refractivity contribution in [3.63, 3.8) is 0 Å². The van der Waals surface area contributed by atoms with Gasteiger partial charge in [0, 0.05) is 13.0 Å². The van der Waals surface area contributed by atoms with Crippen molar-refractivity contribution in [2.45, 2.75) is 32.7 Å². The lowest BCUT2D eigenvalue weighted by Crippen LogP contribution is -2.23. The van der Waals surface area contributed by atoms with Crippen LogP contribution < -0.4 is 10.6 Å². The summed E-state index contributed by atoms with van der Waals surface area (Å²) in [5, 5.41) is 6.14. The number of amides is 1. The highest BCUT2D eigenvalue weighted by Crippen LogP contribution is 2.14. The zero-order chi connectivity index (χ0) is 13.7. The third-order valence-electron chi connectivity index (χ3n) is 3.67. The van der Waals surface area contributed by atoms with Gasteiger partial charge in [-0.2, -0.15) is 0 Å². The summed E-state index contributed by atoms with van der Waals surface area (Å²) in [6.07, 6.45) is 2.65. The normalized spacial score (nSPS) is 18.5. The molecule has 1 heterocycles. The molecule has 1 unspecified atom stereocenters. The lowest BCUT2D eigenvalue weighted by Gasteiger charge is -2.09. The summed E-state index contributed by atoms with van der Waals surface area (Å²) >= 11 is 0. The first-order chi connectivity index (χ1) is 9.15. The molecule has 1 atom stereocenters. The lowest BCUT2D eigenvalue weighted by atomic mass is 10.0. The van der Waals surface area contributed by atoms with E-state index in [9.17, 15) is 9.18 Å². The van der Waals surface area contributed by atoms with Gasteiger partial charge in [0.05, 0.1) is 0 Å². The molecule has 0 aromatic heterocycles. The Morgan fingerprint density at radius 2 is 2.37 bits per heavy atom. The van der Waals surface area contributed by atoms with Gasteiger partial charge in [-0.1, -0.05) is 12.1 Å². The Labute approximate surface area is 113 Å². The van der Waals surface area contributed by atoms with Crippen LogP contribution in [0.1, 0.15) is 30.4 Å². The number of carbonyl (C=O) groups excluding carboxylic acids is 1. The predicted octanol–water partition coefficient (Wildman–Crippen LogP) is 2.14. The zero-order valence-corrected chi connectivity index (χ0v) is 11.3. The Morgan fingerprint density at radius 1 is 1.53 bits per heavy atom. The van der Waals surface area contributed by atoms with Gasteiger partial charge >= 0.3 is 0 Å². The number of nitrogens with one attached hydrogen (secondary N) is 2. The van der Waals surface area contributed by atoms with Crippen molar-refractivity contribution in [1.29, 1.82) is 0 Å². The molecule has 104 valence electrons. The van der Waals surface area contributed by atoms with Gasteiger partial charge in [0.1, 0.15) is 5.82 Å². The Morgan fingerprint density at radius 3 is 3.05 bits per heavy atom. The van der Waals surface area contributed by atoms with Crippen LogP contribution in [0.25, 0.3) is 0 Å². The maximum Gasteiger partial charge on any atom is 0.220 e. The number of carbonyl (C=O) groups is 1. The summed E-state index contributed by atoms with van der Waals surface area (Å²) in [5.41, 5.74) is 1.43. The van der Waals surface area contributed by atoms with Crippen LogP contribution in [0, 0.1) is 18.7 Å². The van der Waals surface area contributed by atoms with E-state index in [1.54, 1.807) is 13.0 Å². The van der Waals surface area contributed by atoms with Crippen molar-refractivity contribution in [2.75, 3.05) is 13.1 Å². The number of hydrogen-bond acceptors (Lipinski definition) is 2. The number of halogens is 1. The molecule has 0 saturated carbocycles. The first-order valence-electron chi connectivity index (χ1n) is 6.87. The van der Waals surface area contributed by atoms with Gasteiger partial charge in [0.15, 0.2) is 0 Å². The maximum atomic E-state index is 13.3. The van der Waals surface area contributed by atoms with Crippen LogP contribution in [0.4, 0.5) is 4.39 Å². The van der Waals surface area contributed by atoms with E-state index in [0.29, 0.717) is 24.4 Å². The summed E-state index contributed by atoms with van der Waals surface area (Å²) in [4.78, 5) is 11.7. The molecule has 0 radical (unpaired) electrons. The van der Waals surface area contributed by atoms with E-state index in [1.807, 2.05) is 6.07 Å². The second-order valence-corrected chi connectivity index (χ2v) is 5.26. The Kier molecular flexibility index (Phi) is 4.91. The van der Waals surface area contributed by atoms with Gasteiger partial charge < -0.3 is 10.6 Å². The van der Waals surface area contributed by atoms with E-state index in [-0.39, 0.29) is 11.7 Å². The molecule has 19 heavy (non-hydrogen) atoms. The van der Waals surface area contributed by atoms with Crippen LogP contribution in [-0.4, -0.2) is 19.0 Å². The standard InChI is InChI=1S/C15H21FN2O/c1-11-2-3-13(8-14(11)16)10-18-15(19)5-4-12-6-7-17-9-12/h2-3,8,12,17H,4-7,9-10H2,1H3,(H,18,19). The molecular formula is C15H21FN2O. The monoisotopic (exact) mass is 264 g/mol. The third kappa shape index (κ3) is 4.31. The molecule has 2 rings (SSSR count). The summed E-state index contributed by atoms with van der Waals surface area (Å²) in [7, 11) is 0. The van der Waals surface area contributed by atoms with Crippen LogP contribution in [0.5, 0.6) is 0 Å². The molecule has 0 aliphatic carbocycles. The maximum absolute atomic E-state index is 13.3. The quantitative estimate of drug-likeness (QED) is 0.855. The Hall–Kier alpha value is -1.42. The highest BCUT2D eigenvalue weighted by Gasteiger charge is 2.15. The van der Waals surface area contributed by atoms with Crippen LogP contribution in [0.15, 0.2) is 18.2 Å². The smallest absolute Gasteiger partial charge is 0.220 e. The first kappa shape index (κ1) is 14.0. The lowest BCUT2D eigenvalue weighted by molar-refractivity contribution is -0.121. The SMILES string of the molecule is Cc1ccc(CNC(=O)CCC2CCNC2)cc1F. The van der Waals surface area contributed by atoms with E-state index < -0.39 is 0 Å². The van der Waals surface area contributed by atoms with E-state index in [4.69, 9.17) is 0 Å². The molecule has 0 spiro atoms. The molecule has 2 N–H and O–H groups in total. The summed E-state index contributed by atoms with van der Waals surface area (Å²) in [6.45, 7) is 4.22. The number of benzene rings is 1. The largest absolute Gasteiger partial charge is 0.352 e. The van der Waals surface area contributed by atoms with Crippen molar-refractivity contribution >= 4 is 5.91 Å². The molecule has 1 aliphatic rings. The molecule has 3 nitrogen and oxygen atoms in total. The van der Waals surface area contributed by atoms with Gasteiger partial charge in [-0.25, -0.2) is 4.39 Å². The van der Waals surface area contributed by atoms with Gasteiger partial charge in [-0.3, -0.25) is 4.79 Å². The molecule has 1 aromatic rings. The van der Waals surface area contributed by atoms with E-state index in [2.05, 4.69) is 10.6 Å². The van der Waals surface area contributed by atoms with E-state index >= 15 is 0 Å². The molecule has 4 heteroatoms. The highest BCUT2D eigenvalue weighted by atomic mass is 19.1. The van der Waals surface area contributed by atoms with Crippen molar-refractivity contribution in [2.24, 2.45) is 5.92 Å². The second kappa shape index (κ2) is 6.66. The van der Waals surface area contributed by atoms with Gasteiger partial charge in [0.2, 0.25) is 5.91 Å². The Bertz CT molecular complexity index is 442. The summed E-state index contributed by atoms with van der Waals surface area (Å²) < 4.78 is 13.3. The molecule has 1 saturated heterocycles. The molecule has 1 fully saturated rings. The van der Waals surface area contributed by atoms with Crippen molar-refractivity contribution in [3.05, 3.63) is 35.1 Å². The number of aryl methyl sites for hydroxylation is 1. The van der Waals surface area contributed by atoms with Crippen LogP contribution in [0.2, 0.25) is 0 Å². The van der Waals surface area contributed by atoms with Gasteiger partial charge in [-0.15, -0.1) is 0 Å². The second-order valence-electron chi connectivity index (χ2n) is 5.26. The average molecular weight is 264 g/mol. The summed E-state index contributed by atoms with van der Waals surface area (Å²) in [5.74, 6) is 0.458. The fourth-order valence-corrected chi connectivity index (χ4v) is 2.33. The van der Waals surface area contributed by atoms with Crippen LogP contribution in [-0.2, 0) is 11.3 Å². The molecule has 1 aliphatic heterocycles. The molecule has 1 aromatic carbocycles. The molecular weight excluding hydrogens is 243 g/mol. The van der Waals surface area contributed by atoms with Gasteiger partial charge in [-0.05, 0) is 56.0 Å². The predicted molar refractivity (Wildman–Crippen MR) is 73.2 cm³/mol. The zero-order valence-electron chi connectivity index (χ0n) is 11.3. The van der Waals surface area contributed by atoms with Crippen molar-refractivity contribution in [1.82, 2.24) is 10.6 Å². The van der Waals surface area contributed by atoms with E-state index in [1.165, 1.54) is 6.07 Å². The van der Waals surface area contributed by atoms with Crippen molar-refractivity contribution in [3.8, 4) is 0 Å². The highest BCUT2D eigenvalue weighted by molar-refractivity contribution is 5.75. The fraction of sp³-hybridized carbons (Fsp3) is 0.533. The molecule has 1 amide bonds. The van der Waals surface area contributed by atoms with Crippen LogP contribution >= 0.6 is 0 Å². The van der Waals surface area contributed by atoms with Gasteiger partial charge in [0.25, 0.3) is 0 Å². The third-order valence-corrected chi connectivity index (χ3v) is 3.67. The fourth-order valence-electron chi connectivity index (χ4n) is 2.33. The Balaban J connectivity index is 1.71. The van der Waals surface area contributed by atoms with Crippen LogP contribution in [0.3, 0.4) is 0 Å². The minimum Gasteiger partial charge on any atom is -0.352 e. The minimum atomic E-state index is -0.219. The number of rotatable bonds is 5. The van der Waals surface area contributed by atoms with E-state index in [0.717, 1.165) is 31.5 Å². The minimum absolute atomic E-state index is 0.0490. The summed E-state index contributed by atoms with van der Waals surface area (Å²) in [6, 6.07) is 5.07. The first-order valence-corrected chi connectivity index (χ1v) is 6.87. The average Bonchev–Trinajstić information content (AvgIpc) is 2.91. The van der Waals surface area contributed by atoms with Crippen molar-refractivity contribution < 1.29 is 9.18 Å². The molecule has 0 bridgehead atoms. The topological polar surface area (TPSA) is 41.1 Å². The number of hydrogen-bond donors (Lipinski definition) is 2.